The highest BCUT2D eigenvalue weighted by molar-refractivity contribution is 9.10. The number of aryl methyl sites for hydroxylation is 1. The zero-order valence-corrected chi connectivity index (χ0v) is 13.6. The highest BCUT2D eigenvalue weighted by Gasteiger charge is 2.19. The summed E-state index contributed by atoms with van der Waals surface area (Å²) in [6.45, 7) is 1.66. The molecule has 0 amide bonds. The molecule has 2 aromatic rings. The SMILES string of the molecule is Cc1nc(Cl)ccc1NS(=O)(=O)c1cc(Br)ccc1N. The van der Waals surface area contributed by atoms with E-state index in [0.29, 0.717) is 21.0 Å². The van der Waals surface area contributed by atoms with Gasteiger partial charge in [-0.15, -0.1) is 0 Å². The number of sulfonamides is 1. The second kappa shape index (κ2) is 5.59. The van der Waals surface area contributed by atoms with E-state index >= 15 is 0 Å². The van der Waals surface area contributed by atoms with Gasteiger partial charge in [0.1, 0.15) is 10.0 Å². The van der Waals surface area contributed by atoms with Crippen molar-refractivity contribution < 1.29 is 8.42 Å². The lowest BCUT2D eigenvalue weighted by Gasteiger charge is -2.12. The van der Waals surface area contributed by atoms with Crippen molar-refractivity contribution in [2.75, 3.05) is 10.5 Å². The molecule has 0 spiro atoms. The van der Waals surface area contributed by atoms with Crippen molar-refractivity contribution in [1.29, 1.82) is 0 Å². The Labute approximate surface area is 130 Å². The lowest BCUT2D eigenvalue weighted by atomic mass is 10.3. The third kappa shape index (κ3) is 3.23. The first-order chi connectivity index (χ1) is 9.29. The molecule has 0 radical (unpaired) electrons. The Bertz CT molecular complexity index is 765. The Hall–Kier alpha value is -1.31. The van der Waals surface area contributed by atoms with Crippen LogP contribution >= 0.6 is 27.5 Å². The molecule has 8 heteroatoms. The predicted octanol–water partition coefficient (Wildman–Crippen LogP) is 3.19. The number of nitrogen functional groups attached to an aromatic ring is 1. The van der Waals surface area contributed by atoms with Gasteiger partial charge in [-0.2, -0.15) is 0 Å². The van der Waals surface area contributed by atoms with Crippen molar-refractivity contribution in [1.82, 2.24) is 4.98 Å². The van der Waals surface area contributed by atoms with Gasteiger partial charge in [0.25, 0.3) is 10.0 Å². The maximum Gasteiger partial charge on any atom is 0.264 e. The number of nitrogens with zero attached hydrogens (tertiary/aromatic N) is 1. The van der Waals surface area contributed by atoms with Crippen molar-refractivity contribution in [2.24, 2.45) is 0 Å². The van der Waals surface area contributed by atoms with Crippen molar-refractivity contribution in [2.45, 2.75) is 11.8 Å². The van der Waals surface area contributed by atoms with Gasteiger partial charge in [0.05, 0.1) is 17.1 Å². The largest absolute Gasteiger partial charge is 0.398 e. The summed E-state index contributed by atoms with van der Waals surface area (Å²) in [6, 6.07) is 7.69. The first-order valence-electron chi connectivity index (χ1n) is 5.50. The zero-order valence-electron chi connectivity index (χ0n) is 10.4. The van der Waals surface area contributed by atoms with Crippen LogP contribution in [0.5, 0.6) is 0 Å². The highest BCUT2D eigenvalue weighted by atomic mass is 79.9. The number of rotatable bonds is 3. The summed E-state index contributed by atoms with van der Waals surface area (Å²) in [7, 11) is -3.79. The van der Waals surface area contributed by atoms with Crippen LogP contribution in [0.25, 0.3) is 0 Å². The fraction of sp³-hybridized carbons (Fsp3) is 0.0833. The number of anilines is 2. The van der Waals surface area contributed by atoms with E-state index < -0.39 is 10.0 Å². The first kappa shape index (κ1) is 15.1. The molecule has 5 nitrogen and oxygen atoms in total. The Morgan fingerprint density at radius 1 is 1.30 bits per heavy atom. The maximum absolute atomic E-state index is 12.3. The molecule has 0 bridgehead atoms. The van der Waals surface area contributed by atoms with Crippen LogP contribution in [0, 0.1) is 6.92 Å². The summed E-state index contributed by atoms with van der Waals surface area (Å²) in [5.41, 5.74) is 6.72. The molecule has 1 aromatic carbocycles. The Kier molecular flexibility index (Phi) is 4.22. The first-order valence-corrected chi connectivity index (χ1v) is 8.16. The Balaban J connectivity index is 2.43. The van der Waals surface area contributed by atoms with Gasteiger partial charge >= 0.3 is 0 Å². The third-order valence-electron chi connectivity index (χ3n) is 2.56. The second-order valence-electron chi connectivity index (χ2n) is 4.05. The molecule has 0 aliphatic carbocycles. The summed E-state index contributed by atoms with van der Waals surface area (Å²) >= 11 is 8.96. The van der Waals surface area contributed by atoms with E-state index in [9.17, 15) is 8.42 Å². The van der Waals surface area contributed by atoms with Crippen molar-refractivity contribution in [3.8, 4) is 0 Å². The Morgan fingerprint density at radius 2 is 2.00 bits per heavy atom. The molecule has 0 unspecified atom stereocenters. The monoisotopic (exact) mass is 375 g/mol. The van der Waals surface area contributed by atoms with E-state index in [1.165, 1.54) is 18.2 Å². The lowest BCUT2D eigenvalue weighted by Crippen LogP contribution is -2.15. The highest BCUT2D eigenvalue weighted by Crippen LogP contribution is 2.26. The van der Waals surface area contributed by atoms with Crippen molar-refractivity contribution in [3.05, 3.63) is 45.7 Å². The number of hydrogen-bond acceptors (Lipinski definition) is 4. The quantitative estimate of drug-likeness (QED) is 0.636. The fourth-order valence-electron chi connectivity index (χ4n) is 1.58. The molecule has 2 rings (SSSR count). The smallest absolute Gasteiger partial charge is 0.264 e. The topological polar surface area (TPSA) is 85.1 Å². The summed E-state index contributed by atoms with van der Waals surface area (Å²) in [4.78, 5) is 3.99. The molecule has 0 saturated carbocycles. The number of aromatic nitrogens is 1. The number of benzene rings is 1. The van der Waals surface area contributed by atoms with Gasteiger partial charge in [-0.1, -0.05) is 27.5 Å². The molecule has 0 saturated heterocycles. The van der Waals surface area contributed by atoms with Crippen LogP contribution < -0.4 is 10.5 Å². The number of nitrogens with one attached hydrogen (secondary N) is 1. The van der Waals surface area contributed by atoms with Crippen LogP contribution in [0.1, 0.15) is 5.69 Å². The number of halogens is 2. The van der Waals surface area contributed by atoms with Crippen LogP contribution in [0.2, 0.25) is 5.15 Å². The van der Waals surface area contributed by atoms with Crippen LogP contribution in [0.15, 0.2) is 39.7 Å². The minimum Gasteiger partial charge on any atom is -0.398 e. The summed E-state index contributed by atoms with van der Waals surface area (Å²) in [5.74, 6) is 0. The van der Waals surface area contributed by atoms with Gasteiger partial charge in [-0.25, -0.2) is 13.4 Å². The van der Waals surface area contributed by atoms with Gasteiger partial charge in [-0.05, 0) is 37.3 Å². The molecule has 0 aliphatic rings. The van der Waals surface area contributed by atoms with Crippen molar-refractivity contribution >= 4 is 48.9 Å². The van der Waals surface area contributed by atoms with Gasteiger partial charge in [-0.3, -0.25) is 4.72 Å². The minimum absolute atomic E-state index is 0.00113. The van der Waals surface area contributed by atoms with E-state index in [4.69, 9.17) is 17.3 Å². The molecule has 1 aromatic heterocycles. The molecular formula is C12H11BrClN3O2S. The van der Waals surface area contributed by atoms with Crippen LogP contribution in [0.4, 0.5) is 11.4 Å². The fourth-order valence-corrected chi connectivity index (χ4v) is 3.56. The van der Waals surface area contributed by atoms with E-state index in [0.717, 1.165) is 0 Å². The molecule has 0 atom stereocenters. The average molecular weight is 377 g/mol. The normalized spacial score (nSPS) is 11.3. The van der Waals surface area contributed by atoms with Crippen LogP contribution in [-0.2, 0) is 10.0 Å². The lowest BCUT2D eigenvalue weighted by molar-refractivity contribution is 0.601. The molecular weight excluding hydrogens is 366 g/mol. The van der Waals surface area contributed by atoms with E-state index in [-0.39, 0.29) is 10.6 Å². The van der Waals surface area contributed by atoms with Crippen LogP contribution in [-0.4, -0.2) is 13.4 Å². The average Bonchev–Trinajstić information content (AvgIpc) is 2.35. The molecule has 0 fully saturated rings. The van der Waals surface area contributed by atoms with Gasteiger partial charge in [0, 0.05) is 4.47 Å². The van der Waals surface area contributed by atoms with E-state index in [1.807, 2.05) is 0 Å². The molecule has 20 heavy (non-hydrogen) atoms. The minimum atomic E-state index is -3.79. The predicted molar refractivity (Wildman–Crippen MR) is 83.3 cm³/mol. The van der Waals surface area contributed by atoms with Gasteiger partial charge in [0.2, 0.25) is 0 Å². The Morgan fingerprint density at radius 3 is 2.65 bits per heavy atom. The number of nitrogens with two attached hydrogens (primary N) is 1. The summed E-state index contributed by atoms with van der Waals surface area (Å²) in [5, 5.41) is 0.299. The maximum atomic E-state index is 12.3. The molecule has 1 heterocycles. The van der Waals surface area contributed by atoms with E-state index in [1.54, 1.807) is 19.1 Å². The van der Waals surface area contributed by atoms with Crippen LogP contribution in [0.3, 0.4) is 0 Å². The molecule has 0 aliphatic heterocycles. The van der Waals surface area contributed by atoms with Gasteiger partial charge < -0.3 is 5.73 Å². The third-order valence-corrected chi connectivity index (χ3v) is 4.69. The zero-order chi connectivity index (χ0) is 14.9. The molecule has 3 N–H and O–H groups in total. The van der Waals surface area contributed by atoms with Gasteiger partial charge in [0.15, 0.2) is 0 Å². The number of hydrogen-bond donors (Lipinski definition) is 2. The van der Waals surface area contributed by atoms with E-state index in [2.05, 4.69) is 25.6 Å². The standard InChI is InChI=1S/C12H11BrClN3O2S/c1-7-10(4-5-12(14)16-7)17-20(18,19)11-6-8(13)2-3-9(11)15/h2-6,17H,15H2,1H3. The number of pyridine rings is 1. The summed E-state index contributed by atoms with van der Waals surface area (Å²) in [6.07, 6.45) is 0. The summed E-state index contributed by atoms with van der Waals surface area (Å²) < 4.78 is 27.7. The van der Waals surface area contributed by atoms with Crippen molar-refractivity contribution in [3.63, 3.8) is 0 Å². The molecule has 106 valence electrons. The second-order valence-corrected chi connectivity index (χ2v) is 7.01.